The molecule has 0 rings (SSSR count). The number of carboxylic acid groups (broad SMARTS) is 1. The minimum Gasteiger partial charge on any atom is -0.480 e. The first-order chi connectivity index (χ1) is 15.4. The average molecular weight is 473 g/mol. The molecule has 4 atom stereocenters. The number of carboxylic acids is 1. The van der Waals surface area contributed by atoms with E-state index < -0.39 is 60.8 Å². The molecule has 0 aliphatic carbocycles. The number of aliphatic imine (C=N–C) groups is 1. The van der Waals surface area contributed by atoms with E-state index >= 15 is 0 Å². The predicted molar refractivity (Wildman–Crippen MR) is 121 cm³/mol. The van der Waals surface area contributed by atoms with Gasteiger partial charge in [0.1, 0.15) is 12.1 Å². The van der Waals surface area contributed by atoms with Gasteiger partial charge in [-0.2, -0.15) is 0 Å². The van der Waals surface area contributed by atoms with Crippen molar-refractivity contribution in [3.05, 3.63) is 0 Å². The first-order valence-electron chi connectivity index (χ1n) is 10.6. The van der Waals surface area contributed by atoms with E-state index in [-0.39, 0.29) is 24.8 Å². The molecule has 14 nitrogen and oxygen atoms in total. The fraction of sp³-hybridized carbons (Fsp3) is 0.684. The van der Waals surface area contributed by atoms with Crippen LogP contribution in [0.4, 0.5) is 0 Å². The second-order valence-corrected chi connectivity index (χ2v) is 7.54. The predicted octanol–water partition coefficient (Wildman–Crippen LogP) is -3.28. The number of nitrogens with zero attached hydrogens (tertiary/aromatic N) is 1. The lowest BCUT2D eigenvalue weighted by atomic mass is 9.99. The molecule has 0 aliphatic rings. The highest BCUT2D eigenvalue weighted by Gasteiger charge is 2.24. The van der Waals surface area contributed by atoms with Gasteiger partial charge in [-0.05, 0) is 25.7 Å². The fourth-order valence-corrected chi connectivity index (χ4v) is 2.46. The summed E-state index contributed by atoms with van der Waals surface area (Å²) >= 11 is 0. The summed E-state index contributed by atoms with van der Waals surface area (Å²) in [7, 11) is 0. The third-order valence-corrected chi connectivity index (χ3v) is 4.76. The molecule has 188 valence electrons. The number of hydrogen-bond acceptors (Lipinski definition) is 7. The molecular weight excluding hydrogens is 436 g/mol. The molecule has 0 saturated carbocycles. The second-order valence-electron chi connectivity index (χ2n) is 7.54. The third-order valence-electron chi connectivity index (χ3n) is 4.76. The molecule has 0 saturated heterocycles. The average Bonchev–Trinajstić information content (AvgIpc) is 2.76. The van der Waals surface area contributed by atoms with Gasteiger partial charge in [0.25, 0.3) is 0 Å². The van der Waals surface area contributed by atoms with Gasteiger partial charge in [-0.15, -0.1) is 0 Å². The van der Waals surface area contributed by atoms with Crippen LogP contribution >= 0.6 is 0 Å². The van der Waals surface area contributed by atoms with E-state index in [1.807, 2.05) is 13.8 Å². The van der Waals surface area contributed by atoms with Gasteiger partial charge in [0, 0.05) is 6.54 Å². The molecule has 0 unspecified atom stereocenters. The molecule has 0 heterocycles. The normalized spacial score (nSPS) is 14.1. The first kappa shape index (κ1) is 29.6. The number of hydrogen-bond donors (Lipinski definition) is 8. The molecule has 0 aromatic carbocycles. The second kappa shape index (κ2) is 15.4. The van der Waals surface area contributed by atoms with Crippen LogP contribution in [0, 0.1) is 5.92 Å². The van der Waals surface area contributed by atoms with Gasteiger partial charge in [-0.25, -0.2) is 4.79 Å². The van der Waals surface area contributed by atoms with Gasteiger partial charge in [0.05, 0.1) is 19.1 Å². The van der Waals surface area contributed by atoms with Gasteiger partial charge >= 0.3 is 5.97 Å². The maximum Gasteiger partial charge on any atom is 0.326 e. The van der Waals surface area contributed by atoms with E-state index in [4.69, 9.17) is 17.2 Å². The van der Waals surface area contributed by atoms with Crippen LogP contribution in [0.3, 0.4) is 0 Å². The molecule has 0 aromatic heterocycles. The van der Waals surface area contributed by atoms with E-state index in [0.717, 1.165) is 0 Å². The van der Waals surface area contributed by atoms with Crippen LogP contribution in [0.5, 0.6) is 0 Å². The number of carbonyl (C=O) groups excluding carboxylic acids is 4. The Morgan fingerprint density at radius 3 is 2.09 bits per heavy atom. The Kier molecular flexibility index (Phi) is 13.8. The van der Waals surface area contributed by atoms with E-state index in [0.29, 0.717) is 12.8 Å². The van der Waals surface area contributed by atoms with E-state index in [1.54, 1.807) is 0 Å². The lowest BCUT2D eigenvalue weighted by Gasteiger charge is -2.20. The SMILES string of the molecule is CC[C@H](C)[C@H](N)C(=O)N[C@@H](C)C(=O)NCC(=O)NCC(=O)N[C@@H](CCCN=C(N)N)C(=O)O. The minimum absolute atomic E-state index is 0.0591. The van der Waals surface area contributed by atoms with E-state index in [1.165, 1.54) is 6.92 Å². The summed E-state index contributed by atoms with van der Waals surface area (Å²) in [6, 6.07) is -2.85. The summed E-state index contributed by atoms with van der Waals surface area (Å²) in [5, 5.41) is 18.5. The van der Waals surface area contributed by atoms with E-state index in [9.17, 15) is 29.1 Å². The Hall–Kier alpha value is -3.42. The van der Waals surface area contributed by atoms with Crippen molar-refractivity contribution in [3.8, 4) is 0 Å². The molecule has 0 aliphatic heterocycles. The van der Waals surface area contributed by atoms with Crippen molar-refractivity contribution in [3.63, 3.8) is 0 Å². The topological polar surface area (TPSA) is 244 Å². The number of carbonyl (C=O) groups is 5. The van der Waals surface area contributed by atoms with Crippen LogP contribution in [-0.2, 0) is 24.0 Å². The molecule has 4 amide bonds. The summed E-state index contributed by atoms with van der Waals surface area (Å²) < 4.78 is 0. The van der Waals surface area contributed by atoms with Crippen LogP contribution in [0.25, 0.3) is 0 Å². The summed E-state index contributed by atoms with van der Waals surface area (Å²) in [6.07, 6.45) is 1.12. The standard InChI is InChI=1S/C19H36N8O6/c1-4-10(2)15(20)17(31)26-11(3)16(30)25-8-13(28)24-9-14(29)27-12(18(32)33)6-5-7-23-19(21)22/h10-12,15H,4-9,20H2,1-3H3,(H,24,28)(H,25,30)(H,26,31)(H,27,29)(H,32,33)(H4,21,22,23)/t10-,11-,12-,15-/m0/s1. The Balaban J connectivity index is 4.36. The summed E-state index contributed by atoms with van der Waals surface area (Å²) in [6.45, 7) is 4.44. The number of rotatable bonds is 15. The lowest BCUT2D eigenvalue weighted by molar-refractivity contribution is -0.142. The van der Waals surface area contributed by atoms with Gasteiger partial charge < -0.3 is 43.6 Å². The summed E-state index contributed by atoms with van der Waals surface area (Å²) in [4.78, 5) is 62.8. The highest BCUT2D eigenvalue weighted by atomic mass is 16.4. The molecule has 0 fully saturated rings. The van der Waals surface area contributed by atoms with E-state index in [2.05, 4.69) is 26.3 Å². The Bertz CT molecular complexity index is 725. The first-order valence-corrected chi connectivity index (χ1v) is 10.6. The van der Waals surface area contributed by atoms with Gasteiger partial charge in [-0.1, -0.05) is 20.3 Å². The Morgan fingerprint density at radius 1 is 0.939 bits per heavy atom. The Labute approximate surface area is 192 Å². The largest absolute Gasteiger partial charge is 0.480 e. The van der Waals surface area contributed by atoms with Crippen molar-refractivity contribution >= 4 is 35.6 Å². The fourth-order valence-electron chi connectivity index (χ4n) is 2.46. The lowest BCUT2D eigenvalue weighted by Crippen LogP contribution is -2.53. The molecular formula is C19H36N8O6. The zero-order valence-corrected chi connectivity index (χ0v) is 19.2. The number of nitrogens with one attached hydrogen (secondary N) is 4. The number of amides is 4. The minimum atomic E-state index is -1.24. The molecule has 0 radical (unpaired) electrons. The van der Waals surface area contributed by atoms with Crippen molar-refractivity contribution in [2.75, 3.05) is 19.6 Å². The zero-order valence-electron chi connectivity index (χ0n) is 19.2. The number of aliphatic carboxylic acids is 1. The van der Waals surface area contributed by atoms with Gasteiger partial charge in [-0.3, -0.25) is 24.2 Å². The van der Waals surface area contributed by atoms with Crippen LogP contribution in [0.15, 0.2) is 4.99 Å². The molecule has 0 aromatic rings. The quantitative estimate of drug-likeness (QED) is 0.0675. The smallest absolute Gasteiger partial charge is 0.326 e. The van der Waals surface area contributed by atoms with Crippen molar-refractivity contribution < 1.29 is 29.1 Å². The van der Waals surface area contributed by atoms with Gasteiger partial charge in [0.2, 0.25) is 23.6 Å². The zero-order chi connectivity index (χ0) is 25.6. The molecule has 33 heavy (non-hydrogen) atoms. The van der Waals surface area contributed by atoms with Crippen molar-refractivity contribution in [1.29, 1.82) is 0 Å². The van der Waals surface area contributed by atoms with Crippen LogP contribution in [0.1, 0.15) is 40.0 Å². The van der Waals surface area contributed by atoms with Crippen molar-refractivity contribution in [2.45, 2.75) is 58.2 Å². The third kappa shape index (κ3) is 12.9. The van der Waals surface area contributed by atoms with Crippen LogP contribution in [-0.4, -0.2) is 78.4 Å². The number of nitrogens with two attached hydrogens (primary N) is 3. The Morgan fingerprint density at radius 2 is 1.55 bits per heavy atom. The van der Waals surface area contributed by atoms with Crippen LogP contribution in [0.2, 0.25) is 0 Å². The van der Waals surface area contributed by atoms with Crippen molar-refractivity contribution in [1.82, 2.24) is 21.3 Å². The maximum absolute atomic E-state index is 12.1. The maximum atomic E-state index is 12.1. The summed E-state index contributed by atoms with van der Waals surface area (Å²) in [5.74, 6) is -3.89. The number of guanidine groups is 1. The molecule has 14 heteroatoms. The highest BCUT2D eigenvalue weighted by molar-refractivity contribution is 5.92. The molecule has 0 bridgehead atoms. The monoisotopic (exact) mass is 472 g/mol. The van der Waals surface area contributed by atoms with Crippen molar-refractivity contribution in [2.24, 2.45) is 28.1 Å². The van der Waals surface area contributed by atoms with Crippen LogP contribution < -0.4 is 38.5 Å². The highest BCUT2D eigenvalue weighted by Crippen LogP contribution is 2.05. The molecule has 11 N–H and O–H groups in total. The molecule has 0 spiro atoms. The van der Waals surface area contributed by atoms with Gasteiger partial charge in [0.15, 0.2) is 5.96 Å². The summed E-state index contributed by atoms with van der Waals surface area (Å²) in [5.41, 5.74) is 16.2.